The molecular formula is C22H31N3. The molecule has 0 radical (unpaired) electrons. The van der Waals surface area contributed by atoms with Crippen LogP contribution in [0, 0.1) is 0 Å². The third kappa shape index (κ3) is 2.92. The summed E-state index contributed by atoms with van der Waals surface area (Å²) in [6.45, 7) is 5.12. The van der Waals surface area contributed by atoms with E-state index in [2.05, 4.69) is 46.2 Å². The first-order chi connectivity index (χ1) is 12.3. The van der Waals surface area contributed by atoms with Gasteiger partial charge >= 0.3 is 0 Å². The summed E-state index contributed by atoms with van der Waals surface area (Å²) in [5.74, 6) is 1.50. The Hall–Kier alpha value is -1.32. The van der Waals surface area contributed by atoms with Crippen molar-refractivity contribution in [2.24, 2.45) is 0 Å². The number of hydrogen-bond donors (Lipinski definition) is 1. The van der Waals surface area contributed by atoms with Gasteiger partial charge in [0, 0.05) is 23.1 Å². The minimum Gasteiger partial charge on any atom is -0.361 e. The second kappa shape index (κ2) is 6.44. The number of nitrogens with one attached hydrogen (secondary N) is 1. The summed E-state index contributed by atoms with van der Waals surface area (Å²) in [5.41, 5.74) is 4.49. The SMILES string of the molecule is CN1CCC(c2c[nH]c3ccc([C@@H]4CCN5CCC[C@H]5C4)cc23)CC1. The lowest BCUT2D eigenvalue weighted by atomic mass is 9.84. The van der Waals surface area contributed by atoms with Crippen LogP contribution in [0.25, 0.3) is 10.9 Å². The average molecular weight is 338 g/mol. The molecule has 3 aliphatic heterocycles. The number of H-pyrrole nitrogens is 1. The lowest BCUT2D eigenvalue weighted by molar-refractivity contribution is 0.181. The predicted octanol–water partition coefficient (Wildman–Crippen LogP) is 4.32. The monoisotopic (exact) mass is 337 g/mol. The molecule has 1 aromatic heterocycles. The van der Waals surface area contributed by atoms with Gasteiger partial charge in [0.15, 0.2) is 0 Å². The molecule has 0 bridgehead atoms. The summed E-state index contributed by atoms with van der Waals surface area (Å²) in [4.78, 5) is 8.74. The van der Waals surface area contributed by atoms with Crippen LogP contribution in [0.3, 0.4) is 0 Å². The molecule has 3 fully saturated rings. The smallest absolute Gasteiger partial charge is 0.0457 e. The van der Waals surface area contributed by atoms with Gasteiger partial charge in [-0.15, -0.1) is 0 Å². The summed E-state index contributed by atoms with van der Waals surface area (Å²) >= 11 is 0. The average Bonchev–Trinajstić information content (AvgIpc) is 3.28. The van der Waals surface area contributed by atoms with Gasteiger partial charge in [0.05, 0.1) is 0 Å². The fourth-order valence-electron chi connectivity index (χ4n) is 5.60. The third-order valence-electron chi connectivity index (χ3n) is 7.19. The van der Waals surface area contributed by atoms with E-state index in [9.17, 15) is 0 Å². The van der Waals surface area contributed by atoms with Crippen molar-refractivity contribution in [1.29, 1.82) is 0 Å². The second-order valence-electron chi connectivity index (χ2n) is 8.68. The molecule has 3 nitrogen and oxygen atoms in total. The number of nitrogens with zero attached hydrogens (tertiary/aromatic N) is 2. The predicted molar refractivity (Wildman–Crippen MR) is 104 cm³/mol. The Kier molecular flexibility index (Phi) is 4.10. The van der Waals surface area contributed by atoms with Crippen molar-refractivity contribution in [3.8, 4) is 0 Å². The van der Waals surface area contributed by atoms with Gasteiger partial charge in [0.1, 0.15) is 0 Å². The first-order valence-corrected chi connectivity index (χ1v) is 10.3. The number of piperidine rings is 2. The summed E-state index contributed by atoms with van der Waals surface area (Å²) in [6, 6.07) is 8.12. The molecule has 0 spiro atoms. The van der Waals surface area contributed by atoms with Crippen LogP contribution in [-0.4, -0.2) is 54.1 Å². The number of rotatable bonds is 2. The molecule has 5 rings (SSSR count). The highest BCUT2D eigenvalue weighted by Crippen LogP contribution is 2.39. The Morgan fingerprint density at radius 3 is 2.68 bits per heavy atom. The molecule has 1 N–H and O–H groups in total. The number of likely N-dealkylation sites (tertiary alicyclic amines) is 1. The van der Waals surface area contributed by atoms with Crippen molar-refractivity contribution >= 4 is 10.9 Å². The van der Waals surface area contributed by atoms with Crippen LogP contribution in [0.1, 0.15) is 61.5 Å². The molecule has 0 aliphatic carbocycles. The van der Waals surface area contributed by atoms with E-state index >= 15 is 0 Å². The van der Waals surface area contributed by atoms with E-state index in [0.717, 1.165) is 17.9 Å². The lowest BCUT2D eigenvalue weighted by Gasteiger charge is -2.35. The van der Waals surface area contributed by atoms with Gasteiger partial charge in [-0.1, -0.05) is 6.07 Å². The van der Waals surface area contributed by atoms with Crippen LogP contribution >= 0.6 is 0 Å². The maximum absolute atomic E-state index is 3.54. The molecule has 3 heteroatoms. The van der Waals surface area contributed by atoms with Gasteiger partial charge in [-0.3, -0.25) is 0 Å². The first kappa shape index (κ1) is 15.9. The van der Waals surface area contributed by atoms with Crippen molar-refractivity contribution in [2.45, 2.75) is 56.4 Å². The molecular weight excluding hydrogens is 306 g/mol. The fourth-order valence-corrected chi connectivity index (χ4v) is 5.60. The minimum atomic E-state index is 0.733. The first-order valence-electron chi connectivity index (χ1n) is 10.3. The number of aromatic amines is 1. The summed E-state index contributed by atoms with van der Waals surface area (Å²) in [5, 5.41) is 1.50. The van der Waals surface area contributed by atoms with Gasteiger partial charge in [0.25, 0.3) is 0 Å². The van der Waals surface area contributed by atoms with Crippen LogP contribution < -0.4 is 0 Å². The Labute approximate surface area is 151 Å². The van der Waals surface area contributed by atoms with Crippen molar-refractivity contribution < 1.29 is 0 Å². The molecule has 3 saturated heterocycles. The second-order valence-corrected chi connectivity index (χ2v) is 8.68. The van der Waals surface area contributed by atoms with Crippen molar-refractivity contribution in [1.82, 2.24) is 14.8 Å². The zero-order valence-electron chi connectivity index (χ0n) is 15.5. The number of hydrogen-bond acceptors (Lipinski definition) is 2. The van der Waals surface area contributed by atoms with Crippen molar-refractivity contribution in [3.63, 3.8) is 0 Å². The Bertz CT molecular complexity index is 741. The third-order valence-corrected chi connectivity index (χ3v) is 7.19. The summed E-state index contributed by atoms with van der Waals surface area (Å²) < 4.78 is 0. The maximum Gasteiger partial charge on any atom is 0.0457 e. The van der Waals surface area contributed by atoms with E-state index in [4.69, 9.17) is 0 Å². The molecule has 1 aromatic carbocycles. The van der Waals surface area contributed by atoms with Gasteiger partial charge < -0.3 is 14.8 Å². The zero-order valence-corrected chi connectivity index (χ0v) is 15.5. The van der Waals surface area contributed by atoms with Gasteiger partial charge in [-0.2, -0.15) is 0 Å². The topological polar surface area (TPSA) is 22.3 Å². The number of benzene rings is 1. The minimum absolute atomic E-state index is 0.733. The molecule has 0 saturated carbocycles. The molecule has 25 heavy (non-hydrogen) atoms. The fraction of sp³-hybridized carbons (Fsp3) is 0.636. The Balaban J connectivity index is 1.42. The highest BCUT2D eigenvalue weighted by Gasteiger charge is 2.32. The van der Waals surface area contributed by atoms with E-state index in [1.807, 2.05) is 0 Å². The Morgan fingerprint density at radius 1 is 0.960 bits per heavy atom. The maximum atomic E-state index is 3.54. The number of fused-ring (bicyclic) bond motifs is 2. The van der Waals surface area contributed by atoms with E-state index in [-0.39, 0.29) is 0 Å². The van der Waals surface area contributed by atoms with E-state index in [1.165, 1.54) is 75.6 Å². The standard InChI is InChI=1S/C22H31N3/c1-24-10-6-16(7-11-24)21-15-23-22-5-4-17(14-20(21)22)18-8-12-25-9-2-3-19(25)13-18/h4-5,14-16,18-19,23H,2-3,6-13H2,1H3/t18-,19+/m1/s1. The summed E-state index contributed by atoms with van der Waals surface area (Å²) in [6.07, 6.45) is 10.4. The largest absolute Gasteiger partial charge is 0.361 e. The van der Waals surface area contributed by atoms with Crippen LogP contribution in [0.15, 0.2) is 24.4 Å². The van der Waals surface area contributed by atoms with Gasteiger partial charge in [-0.05, 0) is 107 Å². The molecule has 0 unspecified atom stereocenters. The summed E-state index contributed by atoms with van der Waals surface area (Å²) in [7, 11) is 2.25. The number of aromatic nitrogens is 1. The Morgan fingerprint density at radius 2 is 1.80 bits per heavy atom. The normalized spacial score (nSPS) is 29.3. The quantitative estimate of drug-likeness (QED) is 0.882. The van der Waals surface area contributed by atoms with Crippen LogP contribution in [0.5, 0.6) is 0 Å². The molecule has 2 atom stereocenters. The molecule has 4 heterocycles. The van der Waals surface area contributed by atoms with E-state index < -0.39 is 0 Å². The van der Waals surface area contributed by atoms with Crippen molar-refractivity contribution in [2.75, 3.05) is 33.2 Å². The molecule has 134 valence electrons. The van der Waals surface area contributed by atoms with Gasteiger partial charge in [0.2, 0.25) is 0 Å². The molecule has 0 amide bonds. The highest BCUT2D eigenvalue weighted by molar-refractivity contribution is 5.84. The van der Waals surface area contributed by atoms with E-state index in [0.29, 0.717) is 0 Å². The van der Waals surface area contributed by atoms with Crippen LogP contribution in [-0.2, 0) is 0 Å². The van der Waals surface area contributed by atoms with E-state index in [1.54, 1.807) is 11.1 Å². The van der Waals surface area contributed by atoms with Crippen LogP contribution in [0.4, 0.5) is 0 Å². The van der Waals surface area contributed by atoms with Crippen molar-refractivity contribution in [3.05, 3.63) is 35.5 Å². The zero-order chi connectivity index (χ0) is 16.8. The molecule has 2 aromatic rings. The molecule has 3 aliphatic rings. The van der Waals surface area contributed by atoms with Crippen LogP contribution in [0.2, 0.25) is 0 Å². The lowest BCUT2D eigenvalue weighted by Crippen LogP contribution is -2.37. The highest BCUT2D eigenvalue weighted by atomic mass is 15.2. The van der Waals surface area contributed by atoms with Gasteiger partial charge in [-0.25, -0.2) is 0 Å².